The lowest BCUT2D eigenvalue weighted by Gasteiger charge is -2.39. The van der Waals surface area contributed by atoms with Gasteiger partial charge in [-0.05, 0) is 32.1 Å². The molecule has 0 aromatic heterocycles. The van der Waals surface area contributed by atoms with E-state index in [1.165, 1.54) is 38.5 Å². The lowest BCUT2D eigenvalue weighted by molar-refractivity contribution is -0.0831. The van der Waals surface area contributed by atoms with E-state index in [2.05, 4.69) is 13.8 Å². The molecule has 0 aliphatic carbocycles. The standard InChI is InChI=1S/C13H24O2/c1-3-8-13(2,11-6-4-9-14-11)12-7-5-10-15-12/h11-12H,3-10H2,1-2H3. The van der Waals surface area contributed by atoms with Gasteiger partial charge in [0, 0.05) is 18.6 Å². The topological polar surface area (TPSA) is 18.5 Å². The van der Waals surface area contributed by atoms with Crippen LogP contribution in [0.5, 0.6) is 0 Å². The first-order valence-electron chi connectivity index (χ1n) is 6.50. The fraction of sp³-hybridized carbons (Fsp3) is 1.00. The zero-order valence-corrected chi connectivity index (χ0v) is 10.1. The fourth-order valence-corrected chi connectivity index (χ4v) is 3.26. The number of rotatable bonds is 4. The highest BCUT2D eigenvalue weighted by Crippen LogP contribution is 2.43. The van der Waals surface area contributed by atoms with Gasteiger partial charge < -0.3 is 9.47 Å². The molecule has 2 atom stereocenters. The van der Waals surface area contributed by atoms with E-state index < -0.39 is 0 Å². The average molecular weight is 212 g/mol. The van der Waals surface area contributed by atoms with Crippen molar-refractivity contribution in [3.05, 3.63) is 0 Å². The normalized spacial score (nSPS) is 35.6. The van der Waals surface area contributed by atoms with Crippen LogP contribution in [0.2, 0.25) is 0 Å². The zero-order chi connectivity index (χ0) is 10.7. The lowest BCUT2D eigenvalue weighted by Crippen LogP contribution is -2.42. The highest BCUT2D eigenvalue weighted by atomic mass is 16.5. The molecule has 0 saturated carbocycles. The molecule has 0 N–H and O–H groups in total. The summed E-state index contributed by atoms with van der Waals surface area (Å²) in [4.78, 5) is 0. The summed E-state index contributed by atoms with van der Waals surface area (Å²) in [6.45, 7) is 6.55. The van der Waals surface area contributed by atoms with Crippen molar-refractivity contribution < 1.29 is 9.47 Å². The summed E-state index contributed by atoms with van der Waals surface area (Å²) in [6.07, 6.45) is 8.29. The maximum Gasteiger partial charge on any atom is 0.0654 e. The Morgan fingerprint density at radius 3 is 1.93 bits per heavy atom. The van der Waals surface area contributed by atoms with Crippen molar-refractivity contribution >= 4 is 0 Å². The Morgan fingerprint density at radius 1 is 1.07 bits per heavy atom. The van der Waals surface area contributed by atoms with E-state index in [4.69, 9.17) is 9.47 Å². The third-order valence-corrected chi connectivity index (χ3v) is 4.12. The van der Waals surface area contributed by atoms with Crippen molar-refractivity contribution in [2.45, 2.75) is 64.6 Å². The van der Waals surface area contributed by atoms with Crippen molar-refractivity contribution in [3.63, 3.8) is 0 Å². The van der Waals surface area contributed by atoms with Crippen LogP contribution in [0.4, 0.5) is 0 Å². The molecule has 2 fully saturated rings. The van der Waals surface area contributed by atoms with Gasteiger partial charge in [-0.25, -0.2) is 0 Å². The Labute approximate surface area is 93.3 Å². The van der Waals surface area contributed by atoms with Gasteiger partial charge in [-0.15, -0.1) is 0 Å². The largest absolute Gasteiger partial charge is 0.378 e. The molecule has 0 aromatic rings. The molecule has 2 nitrogen and oxygen atoms in total. The van der Waals surface area contributed by atoms with Gasteiger partial charge in [-0.1, -0.05) is 20.3 Å². The van der Waals surface area contributed by atoms with Crippen molar-refractivity contribution in [2.75, 3.05) is 13.2 Å². The van der Waals surface area contributed by atoms with E-state index in [-0.39, 0.29) is 5.41 Å². The monoisotopic (exact) mass is 212 g/mol. The number of hydrogen-bond donors (Lipinski definition) is 0. The van der Waals surface area contributed by atoms with Crippen molar-refractivity contribution in [1.82, 2.24) is 0 Å². The van der Waals surface area contributed by atoms with Gasteiger partial charge in [-0.2, -0.15) is 0 Å². The number of hydrogen-bond acceptors (Lipinski definition) is 2. The number of ether oxygens (including phenoxy) is 2. The molecule has 2 rings (SSSR count). The van der Waals surface area contributed by atoms with Crippen LogP contribution in [-0.4, -0.2) is 25.4 Å². The third-order valence-electron chi connectivity index (χ3n) is 4.12. The van der Waals surface area contributed by atoms with Gasteiger partial charge in [0.15, 0.2) is 0 Å². The molecular weight excluding hydrogens is 188 g/mol. The second-order valence-corrected chi connectivity index (χ2v) is 5.26. The van der Waals surface area contributed by atoms with Gasteiger partial charge in [0.1, 0.15) is 0 Å². The summed E-state index contributed by atoms with van der Waals surface area (Å²) in [6, 6.07) is 0. The summed E-state index contributed by atoms with van der Waals surface area (Å²) < 4.78 is 11.8. The van der Waals surface area contributed by atoms with E-state index in [1.54, 1.807) is 0 Å². The Balaban J connectivity index is 2.06. The van der Waals surface area contributed by atoms with Crippen LogP contribution in [0.15, 0.2) is 0 Å². The fourth-order valence-electron chi connectivity index (χ4n) is 3.26. The molecular formula is C13H24O2. The maximum absolute atomic E-state index is 5.90. The van der Waals surface area contributed by atoms with Gasteiger partial charge >= 0.3 is 0 Å². The van der Waals surface area contributed by atoms with E-state index in [0.717, 1.165) is 13.2 Å². The Morgan fingerprint density at radius 2 is 1.60 bits per heavy atom. The van der Waals surface area contributed by atoms with Crippen LogP contribution in [0.3, 0.4) is 0 Å². The maximum atomic E-state index is 5.90. The van der Waals surface area contributed by atoms with E-state index in [1.807, 2.05) is 0 Å². The van der Waals surface area contributed by atoms with Gasteiger partial charge in [0.2, 0.25) is 0 Å². The predicted molar refractivity (Wildman–Crippen MR) is 61.0 cm³/mol. The van der Waals surface area contributed by atoms with Crippen molar-refractivity contribution in [2.24, 2.45) is 5.41 Å². The van der Waals surface area contributed by atoms with Crippen molar-refractivity contribution in [3.8, 4) is 0 Å². The minimum Gasteiger partial charge on any atom is -0.378 e. The second kappa shape index (κ2) is 4.84. The van der Waals surface area contributed by atoms with E-state index in [0.29, 0.717) is 12.2 Å². The molecule has 2 heteroatoms. The smallest absolute Gasteiger partial charge is 0.0654 e. The van der Waals surface area contributed by atoms with Crippen LogP contribution in [0, 0.1) is 5.41 Å². The minimum absolute atomic E-state index is 0.266. The third kappa shape index (κ3) is 2.21. The first-order valence-corrected chi connectivity index (χ1v) is 6.50. The summed E-state index contributed by atoms with van der Waals surface area (Å²) in [5.41, 5.74) is 0.266. The first kappa shape index (κ1) is 11.4. The quantitative estimate of drug-likeness (QED) is 0.712. The molecule has 0 aromatic carbocycles. The zero-order valence-electron chi connectivity index (χ0n) is 10.1. The second-order valence-electron chi connectivity index (χ2n) is 5.26. The van der Waals surface area contributed by atoms with Crippen LogP contribution in [0.1, 0.15) is 52.4 Å². The first-order chi connectivity index (χ1) is 7.27. The molecule has 0 amide bonds. The molecule has 2 aliphatic heterocycles. The molecule has 0 radical (unpaired) electrons. The van der Waals surface area contributed by atoms with Crippen LogP contribution < -0.4 is 0 Å². The predicted octanol–water partition coefficient (Wildman–Crippen LogP) is 3.15. The molecule has 88 valence electrons. The Bertz CT molecular complexity index is 175. The summed E-state index contributed by atoms with van der Waals surface area (Å²) in [7, 11) is 0. The molecule has 2 unspecified atom stereocenters. The average Bonchev–Trinajstić information content (AvgIpc) is 2.92. The van der Waals surface area contributed by atoms with Gasteiger partial charge in [0.25, 0.3) is 0 Å². The molecule has 0 spiro atoms. The van der Waals surface area contributed by atoms with E-state index >= 15 is 0 Å². The molecule has 15 heavy (non-hydrogen) atoms. The van der Waals surface area contributed by atoms with E-state index in [9.17, 15) is 0 Å². The summed E-state index contributed by atoms with van der Waals surface area (Å²) in [5.74, 6) is 0. The molecule has 0 bridgehead atoms. The lowest BCUT2D eigenvalue weighted by atomic mass is 9.73. The molecule has 2 aliphatic rings. The molecule has 2 saturated heterocycles. The minimum atomic E-state index is 0.266. The molecule has 2 heterocycles. The van der Waals surface area contributed by atoms with Gasteiger partial charge in [0.05, 0.1) is 12.2 Å². The van der Waals surface area contributed by atoms with Gasteiger partial charge in [-0.3, -0.25) is 0 Å². The highest BCUT2D eigenvalue weighted by molar-refractivity contribution is 4.93. The summed E-state index contributed by atoms with van der Waals surface area (Å²) >= 11 is 0. The summed E-state index contributed by atoms with van der Waals surface area (Å²) in [5, 5.41) is 0. The Kier molecular flexibility index (Phi) is 3.68. The van der Waals surface area contributed by atoms with Crippen molar-refractivity contribution in [1.29, 1.82) is 0 Å². The van der Waals surface area contributed by atoms with Crippen LogP contribution in [0.25, 0.3) is 0 Å². The Hall–Kier alpha value is -0.0800. The SMILES string of the molecule is CCCC(C)(C1CCCO1)C1CCCO1. The van der Waals surface area contributed by atoms with Crippen LogP contribution >= 0.6 is 0 Å². The highest BCUT2D eigenvalue weighted by Gasteiger charge is 2.44. The van der Waals surface area contributed by atoms with Crippen LogP contribution in [-0.2, 0) is 9.47 Å².